The normalized spacial score (nSPS) is 12.8. The van der Waals surface area contributed by atoms with Crippen molar-refractivity contribution in [2.24, 2.45) is 4.99 Å². The smallest absolute Gasteiger partial charge is 0.239 e. The number of hydrogen-bond acceptors (Lipinski definition) is 1. The largest absolute Gasteiger partial charge is 0.440 e. The lowest BCUT2D eigenvalue weighted by molar-refractivity contribution is -0.177. The molecule has 1 atom stereocenters. The molecule has 20 heavy (non-hydrogen) atoms. The van der Waals surface area contributed by atoms with E-state index < -0.39 is 12.5 Å². The lowest BCUT2D eigenvalue weighted by Gasteiger charge is -2.12. The average molecular weight is 281 g/mol. The Kier molecular flexibility index (Phi) is 4.17. The molecule has 0 heterocycles. The maximum atomic E-state index is 13.2. The van der Waals surface area contributed by atoms with Crippen LogP contribution in [0.1, 0.15) is 11.1 Å². The third-order valence-corrected chi connectivity index (χ3v) is 2.61. The van der Waals surface area contributed by atoms with Crippen LogP contribution in [0.15, 0.2) is 65.7 Å². The van der Waals surface area contributed by atoms with Crippen molar-refractivity contribution in [3.63, 3.8) is 0 Å². The molecule has 0 fully saturated rings. The van der Waals surface area contributed by atoms with Gasteiger partial charge in [-0.05, 0) is 0 Å². The molecule has 0 aliphatic heterocycles. The SMILES string of the molecule is FC(N=C(c1ccccc1)c1ccccc1)C(F)(F)F. The van der Waals surface area contributed by atoms with Crippen LogP contribution in [0.5, 0.6) is 0 Å². The summed E-state index contributed by atoms with van der Waals surface area (Å²) in [5, 5.41) is 0. The number of aliphatic imine (C=N–C) groups is 1. The summed E-state index contributed by atoms with van der Waals surface area (Å²) in [5.74, 6) is 0. The van der Waals surface area contributed by atoms with Crippen LogP contribution in [-0.4, -0.2) is 18.2 Å². The quantitative estimate of drug-likeness (QED) is 0.450. The van der Waals surface area contributed by atoms with Gasteiger partial charge in [0.2, 0.25) is 0 Å². The van der Waals surface area contributed by atoms with E-state index >= 15 is 0 Å². The topological polar surface area (TPSA) is 12.4 Å². The molecule has 0 aliphatic rings. The summed E-state index contributed by atoms with van der Waals surface area (Å²) in [6, 6.07) is 16.5. The highest BCUT2D eigenvalue weighted by Crippen LogP contribution is 2.25. The zero-order valence-electron chi connectivity index (χ0n) is 10.3. The molecule has 104 valence electrons. The highest BCUT2D eigenvalue weighted by atomic mass is 19.4. The Morgan fingerprint density at radius 1 is 0.800 bits per heavy atom. The van der Waals surface area contributed by atoms with Gasteiger partial charge in [-0.3, -0.25) is 0 Å². The molecule has 2 rings (SSSR count). The van der Waals surface area contributed by atoms with Crippen LogP contribution in [0.3, 0.4) is 0 Å². The van der Waals surface area contributed by atoms with Gasteiger partial charge in [-0.1, -0.05) is 60.7 Å². The van der Waals surface area contributed by atoms with Gasteiger partial charge in [0.05, 0.1) is 5.71 Å². The van der Waals surface area contributed by atoms with Crippen molar-refractivity contribution in [2.45, 2.75) is 12.5 Å². The summed E-state index contributed by atoms with van der Waals surface area (Å²) in [6.45, 7) is 0. The lowest BCUT2D eigenvalue weighted by Crippen LogP contribution is -2.24. The molecule has 0 aliphatic carbocycles. The molecule has 1 nitrogen and oxygen atoms in total. The number of nitrogens with zero attached hydrogens (tertiary/aromatic N) is 1. The van der Waals surface area contributed by atoms with Gasteiger partial charge >= 0.3 is 6.18 Å². The second-order valence-electron chi connectivity index (χ2n) is 4.09. The van der Waals surface area contributed by atoms with E-state index in [0.717, 1.165) is 0 Å². The fourth-order valence-electron chi connectivity index (χ4n) is 1.69. The van der Waals surface area contributed by atoms with Gasteiger partial charge in [-0.25, -0.2) is 9.38 Å². The zero-order valence-corrected chi connectivity index (χ0v) is 10.3. The van der Waals surface area contributed by atoms with E-state index in [0.29, 0.717) is 11.1 Å². The Morgan fingerprint density at radius 2 is 1.20 bits per heavy atom. The fraction of sp³-hybridized carbons (Fsp3) is 0.133. The summed E-state index contributed by atoms with van der Waals surface area (Å²) in [5.41, 5.74) is 0.854. The number of benzene rings is 2. The number of rotatable bonds is 3. The summed E-state index contributed by atoms with van der Waals surface area (Å²) < 4.78 is 50.3. The van der Waals surface area contributed by atoms with Crippen LogP contribution in [-0.2, 0) is 0 Å². The molecule has 0 radical (unpaired) electrons. The van der Waals surface area contributed by atoms with Crippen molar-refractivity contribution in [3.8, 4) is 0 Å². The van der Waals surface area contributed by atoms with E-state index in [9.17, 15) is 17.6 Å². The molecule has 0 saturated heterocycles. The average Bonchev–Trinajstić information content (AvgIpc) is 2.45. The number of hydrogen-bond donors (Lipinski definition) is 0. The Labute approximate surface area is 113 Å². The standard InChI is InChI=1S/C15H11F4N/c16-14(15(17,18)19)20-13(11-7-3-1-4-8-11)12-9-5-2-6-10-12/h1-10,14H. The van der Waals surface area contributed by atoms with E-state index in [1.165, 1.54) is 0 Å². The van der Waals surface area contributed by atoms with Crippen molar-refractivity contribution in [1.82, 2.24) is 0 Å². The molecule has 5 heteroatoms. The Bertz CT molecular complexity index is 534. The molecular weight excluding hydrogens is 270 g/mol. The minimum atomic E-state index is -5.01. The first kappa shape index (κ1) is 14.2. The lowest BCUT2D eigenvalue weighted by atomic mass is 10.0. The molecule has 0 amide bonds. The van der Waals surface area contributed by atoms with Gasteiger partial charge < -0.3 is 0 Å². The van der Waals surface area contributed by atoms with Gasteiger partial charge in [0.25, 0.3) is 6.30 Å². The van der Waals surface area contributed by atoms with Crippen LogP contribution in [0.4, 0.5) is 17.6 Å². The van der Waals surface area contributed by atoms with E-state index in [1.54, 1.807) is 60.7 Å². The molecule has 0 spiro atoms. The van der Waals surface area contributed by atoms with Crippen LogP contribution in [0, 0.1) is 0 Å². The van der Waals surface area contributed by atoms with Crippen molar-refractivity contribution in [1.29, 1.82) is 0 Å². The highest BCUT2D eigenvalue weighted by molar-refractivity contribution is 6.12. The molecular formula is C15H11F4N. The van der Waals surface area contributed by atoms with E-state index in [2.05, 4.69) is 4.99 Å². The number of alkyl halides is 4. The second-order valence-corrected chi connectivity index (χ2v) is 4.09. The molecule has 0 saturated carbocycles. The Hall–Kier alpha value is -2.17. The maximum absolute atomic E-state index is 13.2. The minimum Gasteiger partial charge on any atom is -0.239 e. The first-order chi connectivity index (χ1) is 9.48. The van der Waals surface area contributed by atoms with Gasteiger partial charge in [0.1, 0.15) is 0 Å². The van der Waals surface area contributed by atoms with Gasteiger partial charge in [0, 0.05) is 11.1 Å². The molecule has 2 aromatic rings. The van der Waals surface area contributed by atoms with Crippen LogP contribution in [0.25, 0.3) is 0 Å². The molecule has 0 aromatic heterocycles. The number of halogens is 4. The monoisotopic (exact) mass is 281 g/mol. The highest BCUT2D eigenvalue weighted by Gasteiger charge is 2.40. The first-order valence-corrected chi connectivity index (χ1v) is 5.88. The summed E-state index contributed by atoms with van der Waals surface area (Å²) in [4.78, 5) is 3.21. The Morgan fingerprint density at radius 3 is 1.55 bits per heavy atom. The van der Waals surface area contributed by atoms with Crippen molar-refractivity contribution in [2.75, 3.05) is 0 Å². The van der Waals surface area contributed by atoms with Crippen molar-refractivity contribution in [3.05, 3.63) is 71.8 Å². The van der Waals surface area contributed by atoms with E-state index in [4.69, 9.17) is 0 Å². The van der Waals surface area contributed by atoms with E-state index in [1.807, 2.05) is 0 Å². The van der Waals surface area contributed by atoms with Gasteiger partial charge in [-0.2, -0.15) is 13.2 Å². The van der Waals surface area contributed by atoms with Gasteiger partial charge in [-0.15, -0.1) is 0 Å². The maximum Gasteiger partial charge on any atom is 0.440 e. The molecule has 1 unspecified atom stereocenters. The third-order valence-electron chi connectivity index (χ3n) is 2.61. The van der Waals surface area contributed by atoms with Crippen LogP contribution >= 0.6 is 0 Å². The summed E-state index contributed by atoms with van der Waals surface area (Å²) in [6.07, 6.45) is -8.24. The van der Waals surface area contributed by atoms with Crippen LogP contribution < -0.4 is 0 Å². The van der Waals surface area contributed by atoms with Gasteiger partial charge in [0.15, 0.2) is 0 Å². The predicted molar refractivity (Wildman–Crippen MR) is 69.5 cm³/mol. The fourth-order valence-corrected chi connectivity index (χ4v) is 1.69. The van der Waals surface area contributed by atoms with Crippen LogP contribution in [0.2, 0.25) is 0 Å². The zero-order chi connectivity index (χ0) is 14.6. The molecule has 0 bridgehead atoms. The van der Waals surface area contributed by atoms with Crippen molar-refractivity contribution < 1.29 is 17.6 Å². The van der Waals surface area contributed by atoms with Crippen molar-refractivity contribution >= 4 is 5.71 Å². The molecule has 2 aromatic carbocycles. The Balaban J connectivity index is 2.49. The summed E-state index contributed by atoms with van der Waals surface area (Å²) in [7, 11) is 0. The third kappa shape index (κ3) is 3.44. The van der Waals surface area contributed by atoms with E-state index in [-0.39, 0.29) is 5.71 Å². The molecule has 0 N–H and O–H groups in total. The predicted octanol–water partition coefficient (Wildman–Crippen LogP) is 4.38. The minimum absolute atomic E-state index is 0.0176. The second kappa shape index (κ2) is 5.86. The summed E-state index contributed by atoms with van der Waals surface area (Å²) >= 11 is 0. The first-order valence-electron chi connectivity index (χ1n) is 5.88.